The highest BCUT2D eigenvalue weighted by Gasteiger charge is 2.45. The van der Waals surface area contributed by atoms with E-state index < -0.39 is 0 Å². The predicted octanol–water partition coefficient (Wildman–Crippen LogP) is 2.34. The highest BCUT2D eigenvalue weighted by molar-refractivity contribution is 5.41. The number of aliphatic hydroxyl groups is 1. The summed E-state index contributed by atoms with van der Waals surface area (Å²) in [5.41, 5.74) is 2.05. The van der Waals surface area contributed by atoms with Crippen LogP contribution in [-0.2, 0) is 5.54 Å². The fourth-order valence-corrected chi connectivity index (χ4v) is 2.72. The lowest BCUT2D eigenvalue weighted by Gasteiger charge is -2.35. The van der Waals surface area contributed by atoms with E-state index in [4.69, 9.17) is 4.74 Å². The van der Waals surface area contributed by atoms with Crippen LogP contribution < -0.4 is 10.1 Å². The van der Waals surface area contributed by atoms with Gasteiger partial charge in [-0.25, -0.2) is 0 Å². The second-order valence-corrected chi connectivity index (χ2v) is 5.23. The quantitative estimate of drug-likeness (QED) is 0.870. The molecule has 1 fully saturated rings. The molecule has 1 aromatic carbocycles. The lowest BCUT2D eigenvalue weighted by atomic mass is 9.82. The molecule has 3 heteroatoms. The number of dihydropyridines is 1. The maximum atomic E-state index is 9.18. The molecule has 0 spiro atoms. The topological polar surface area (TPSA) is 41.5 Å². The Morgan fingerprint density at radius 3 is 2.53 bits per heavy atom. The summed E-state index contributed by atoms with van der Waals surface area (Å²) in [7, 11) is 1.68. The molecule has 0 radical (unpaired) electrons. The minimum absolute atomic E-state index is 0.0762. The Hall–Kier alpha value is -1.74. The summed E-state index contributed by atoms with van der Waals surface area (Å²) < 4.78 is 5.22. The van der Waals surface area contributed by atoms with Crippen molar-refractivity contribution in [1.82, 2.24) is 5.32 Å². The number of aliphatic hydroxyl groups excluding tert-OH is 1. The second-order valence-electron chi connectivity index (χ2n) is 5.23. The lowest BCUT2D eigenvalue weighted by molar-refractivity contribution is 0.328. The fourth-order valence-electron chi connectivity index (χ4n) is 2.72. The van der Waals surface area contributed by atoms with E-state index in [2.05, 4.69) is 23.5 Å². The molecule has 0 saturated heterocycles. The van der Waals surface area contributed by atoms with Crippen molar-refractivity contribution >= 4 is 0 Å². The van der Waals surface area contributed by atoms with Gasteiger partial charge in [-0.2, -0.15) is 0 Å². The Labute approximate surface area is 113 Å². The maximum absolute atomic E-state index is 9.18. The number of hydrogen-bond donors (Lipinski definition) is 2. The highest BCUT2D eigenvalue weighted by Crippen LogP contribution is 2.48. The molecule has 1 aliphatic carbocycles. The molecule has 0 aromatic heterocycles. The van der Waals surface area contributed by atoms with Crippen LogP contribution in [0.2, 0.25) is 0 Å². The van der Waals surface area contributed by atoms with Gasteiger partial charge < -0.3 is 15.2 Å². The van der Waals surface area contributed by atoms with E-state index >= 15 is 0 Å². The van der Waals surface area contributed by atoms with Gasteiger partial charge in [0.15, 0.2) is 0 Å². The molecule has 0 bridgehead atoms. The van der Waals surface area contributed by atoms with Gasteiger partial charge in [0.1, 0.15) is 5.75 Å². The molecule has 2 N–H and O–H groups in total. The SMILES string of the molecule is COc1ccc(C2(C3CC3)C=CC(CO)=CN2)cc1. The van der Waals surface area contributed by atoms with Gasteiger partial charge in [0.25, 0.3) is 0 Å². The first-order valence-corrected chi connectivity index (χ1v) is 6.70. The third-order valence-corrected chi connectivity index (χ3v) is 4.03. The third kappa shape index (κ3) is 2.15. The summed E-state index contributed by atoms with van der Waals surface area (Å²) >= 11 is 0. The standard InChI is InChI=1S/C16H19NO2/c1-19-15-6-4-14(5-7-15)16(13-2-3-13)9-8-12(11-18)10-17-16/h4-10,13,17-18H,2-3,11H2,1H3. The number of methoxy groups -OCH3 is 1. The summed E-state index contributed by atoms with van der Waals surface area (Å²) in [5, 5.41) is 12.7. The predicted molar refractivity (Wildman–Crippen MR) is 74.8 cm³/mol. The molecule has 100 valence electrons. The second kappa shape index (κ2) is 4.74. The molecule has 1 unspecified atom stereocenters. The van der Waals surface area contributed by atoms with Crippen molar-refractivity contribution in [1.29, 1.82) is 0 Å². The molecule has 1 heterocycles. The molecular formula is C16H19NO2. The molecule has 1 saturated carbocycles. The van der Waals surface area contributed by atoms with E-state index in [-0.39, 0.29) is 12.1 Å². The van der Waals surface area contributed by atoms with Crippen molar-refractivity contribution in [3.05, 3.63) is 53.8 Å². The van der Waals surface area contributed by atoms with Crippen LogP contribution in [0, 0.1) is 5.92 Å². The number of rotatable bonds is 4. The van der Waals surface area contributed by atoms with E-state index in [1.807, 2.05) is 24.4 Å². The van der Waals surface area contributed by atoms with Crippen molar-refractivity contribution < 1.29 is 9.84 Å². The van der Waals surface area contributed by atoms with Crippen molar-refractivity contribution in [3.8, 4) is 5.75 Å². The monoisotopic (exact) mass is 257 g/mol. The minimum atomic E-state index is -0.120. The van der Waals surface area contributed by atoms with Gasteiger partial charge in [-0.05, 0) is 42.0 Å². The Kier molecular flexibility index (Phi) is 3.07. The summed E-state index contributed by atoms with van der Waals surface area (Å²) in [6, 6.07) is 8.24. The van der Waals surface area contributed by atoms with E-state index in [1.165, 1.54) is 18.4 Å². The Balaban J connectivity index is 1.93. The largest absolute Gasteiger partial charge is 0.497 e. The zero-order chi connectivity index (χ0) is 13.3. The summed E-state index contributed by atoms with van der Waals surface area (Å²) in [6.45, 7) is 0.0762. The zero-order valence-corrected chi connectivity index (χ0v) is 11.1. The molecular weight excluding hydrogens is 238 g/mol. The van der Waals surface area contributed by atoms with Gasteiger partial charge in [-0.15, -0.1) is 0 Å². The van der Waals surface area contributed by atoms with Crippen molar-refractivity contribution in [3.63, 3.8) is 0 Å². The van der Waals surface area contributed by atoms with Crippen LogP contribution in [0.3, 0.4) is 0 Å². The molecule has 1 atom stereocenters. The summed E-state index contributed by atoms with van der Waals surface area (Å²) in [5.74, 6) is 1.51. The molecule has 1 aromatic rings. The normalized spacial score (nSPS) is 25.7. The summed E-state index contributed by atoms with van der Waals surface area (Å²) in [6.07, 6.45) is 8.64. The van der Waals surface area contributed by atoms with E-state index in [0.717, 1.165) is 11.3 Å². The van der Waals surface area contributed by atoms with Crippen molar-refractivity contribution in [2.75, 3.05) is 13.7 Å². The Bertz CT molecular complexity index is 514. The average Bonchev–Trinajstić information content (AvgIpc) is 3.32. The molecule has 3 rings (SSSR count). The average molecular weight is 257 g/mol. The van der Waals surface area contributed by atoms with Gasteiger partial charge >= 0.3 is 0 Å². The number of benzene rings is 1. The van der Waals surface area contributed by atoms with E-state index in [0.29, 0.717) is 5.92 Å². The van der Waals surface area contributed by atoms with Gasteiger partial charge in [-0.1, -0.05) is 24.3 Å². The van der Waals surface area contributed by atoms with Gasteiger partial charge in [0.2, 0.25) is 0 Å². The molecule has 1 aliphatic heterocycles. The van der Waals surface area contributed by atoms with Crippen LogP contribution in [0.4, 0.5) is 0 Å². The zero-order valence-electron chi connectivity index (χ0n) is 11.1. The first kappa shape index (κ1) is 12.3. The van der Waals surface area contributed by atoms with Gasteiger partial charge in [0, 0.05) is 6.20 Å². The molecule has 0 amide bonds. The van der Waals surface area contributed by atoms with Crippen molar-refractivity contribution in [2.24, 2.45) is 5.92 Å². The lowest BCUT2D eigenvalue weighted by Crippen LogP contribution is -2.41. The highest BCUT2D eigenvalue weighted by atomic mass is 16.5. The van der Waals surface area contributed by atoms with Crippen LogP contribution in [0.15, 0.2) is 48.2 Å². The number of nitrogens with one attached hydrogen (secondary N) is 1. The van der Waals surface area contributed by atoms with Gasteiger partial charge in [0.05, 0.1) is 19.3 Å². The van der Waals surface area contributed by atoms with E-state index in [1.54, 1.807) is 7.11 Å². The van der Waals surface area contributed by atoms with Crippen LogP contribution in [0.25, 0.3) is 0 Å². The van der Waals surface area contributed by atoms with Crippen LogP contribution in [0.5, 0.6) is 5.75 Å². The van der Waals surface area contributed by atoms with Crippen LogP contribution in [0.1, 0.15) is 18.4 Å². The molecule has 19 heavy (non-hydrogen) atoms. The summed E-state index contributed by atoms with van der Waals surface area (Å²) in [4.78, 5) is 0. The smallest absolute Gasteiger partial charge is 0.118 e. The van der Waals surface area contributed by atoms with E-state index in [9.17, 15) is 5.11 Å². The first-order valence-electron chi connectivity index (χ1n) is 6.70. The maximum Gasteiger partial charge on any atom is 0.118 e. The molecule has 2 aliphatic rings. The third-order valence-electron chi connectivity index (χ3n) is 4.03. The minimum Gasteiger partial charge on any atom is -0.497 e. The number of ether oxygens (including phenoxy) is 1. The first-order chi connectivity index (χ1) is 9.28. The van der Waals surface area contributed by atoms with Gasteiger partial charge in [-0.3, -0.25) is 0 Å². The molecule has 3 nitrogen and oxygen atoms in total. The Morgan fingerprint density at radius 2 is 2.05 bits per heavy atom. The van der Waals surface area contributed by atoms with Crippen LogP contribution >= 0.6 is 0 Å². The Morgan fingerprint density at radius 1 is 1.32 bits per heavy atom. The van der Waals surface area contributed by atoms with Crippen molar-refractivity contribution in [2.45, 2.75) is 18.4 Å². The number of hydrogen-bond acceptors (Lipinski definition) is 3. The fraction of sp³-hybridized carbons (Fsp3) is 0.375. The van der Waals surface area contributed by atoms with Crippen LogP contribution in [-0.4, -0.2) is 18.8 Å².